The molecule has 8 heteroatoms. The molecule has 3 nitrogen and oxygen atoms in total. The smallest absolute Gasteiger partial charge is 0.302 e. The molecule has 0 radical (unpaired) electrons. The third-order valence-electron chi connectivity index (χ3n) is 2.84. The van der Waals surface area contributed by atoms with E-state index in [0.717, 1.165) is 12.1 Å². The van der Waals surface area contributed by atoms with Gasteiger partial charge in [0.2, 0.25) is 5.60 Å². The topological polar surface area (TPSA) is 38.3 Å². The minimum atomic E-state index is -4.72. The molecule has 2 atom stereocenters. The molecule has 1 aromatic rings. The fraction of sp³-hybridized carbons (Fsp3) is 0.364. The molecule has 0 saturated carbocycles. The van der Waals surface area contributed by atoms with Crippen molar-refractivity contribution in [2.24, 2.45) is 0 Å². The summed E-state index contributed by atoms with van der Waals surface area (Å²) in [5.74, 6) is 0. The van der Waals surface area contributed by atoms with E-state index in [9.17, 15) is 18.0 Å². The third kappa shape index (κ3) is 2.58. The lowest BCUT2D eigenvalue weighted by molar-refractivity contribution is -0.282. The quantitative estimate of drug-likeness (QED) is 0.852. The average molecular weight is 314 g/mol. The Morgan fingerprint density at radius 2 is 1.89 bits per heavy atom. The Labute approximate surface area is 116 Å². The van der Waals surface area contributed by atoms with Gasteiger partial charge in [-0.25, -0.2) is 0 Å². The Balaban J connectivity index is 2.53. The van der Waals surface area contributed by atoms with Gasteiger partial charge in [-0.2, -0.15) is 18.7 Å². The van der Waals surface area contributed by atoms with E-state index in [-0.39, 0.29) is 15.6 Å². The van der Waals surface area contributed by atoms with Crippen molar-refractivity contribution >= 4 is 29.5 Å². The summed E-state index contributed by atoms with van der Waals surface area (Å²) in [7, 11) is 0. The first-order valence-electron chi connectivity index (χ1n) is 5.20. The molecule has 2 rings (SSSR count). The minimum absolute atomic E-state index is 0.0595. The van der Waals surface area contributed by atoms with E-state index in [1.807, 2.05) is 0 Å². The molecule has 1 fully saturated rings. The monoisotopic (exact) mass is 313 g/mol. The van der Waals surface area contributed by atoms with Crippen LogP contribution in [0.5, 0.6) is 0 Å². The first kappa shape index (κ1) is 14.6. The maximum absolute atomic E-state index is 13.3. The molecule has 19 heavy (non-hydrogen) atoms. The van der Waals surface area contributed by atoms with E-state index in [1.165, 1.54) is 6.07 Å². The van der Waals surface area contributed by atoms with Gasteiger partial charge in [-0.15, -0.1) is 0 Å². The van der Waals surface area contributed by atoms with Crippen molar-refractivity contribution in [3.63, 3.8) is 0 Å². The number of carbonyl (C=O) groups excluding carboxylic acids is 1. The van der Waals surface area contributed by atoms with Crippen LogP contribution in [0, 0.1) is 0 Å². The highest BCUT2D eigenvalue weighted by Gasteiger charge is 2.62. The molecule has 0 spiro atoms. The highest BCUT2D eigenvalue weighted by Crippen LogP contribution is 2.48. The number of benzene rings is 1. The largest absolute Gasteiger partial charge is 0.423 e. The SMILES string of the molecule is O=CC1CC(c2cc(Cl)cc(Cl)c2)(C(F)(F)F)ON1. The van der Waals surface area contributed by atoms with Crippen molar-refractivity contribution in [3.05, 3.63) is 33.8 Å². The fourth-order valence-electron chi connectivity index (χ4n) is 1.95. The maximum atomic E-state index is 13.3. The van der Waals surface area contributed by atoms with Gasteiger partial charge in [-0.1, -0.05) is 23.2 Å². The van der Waals surface area contributed by atoms with Gasteiger partial charge in [0.05, 0.1) is 6.04 Å². The van der Waals surface area contributed by atoms with E-state index in [2.05, 4.69) is 10.3 Å². The number of alkyl halides is 3. The summed E-state index contributed by atoms with van der Waals surface area (Å²) in [4.78, 5) is 15.3. The third-order valence-corrected chi connectivity index (χ3v) is 3.28. The molecule has 0 amide bonds. The van der Waals surface area contributed by atoms with Gasteiger partial charge < -0.3 is 4.79 Å². The minimum Gasteiger partial charge on any atom is -0.302 e. The van der Waals surface area contributed by atoms with E-state index >= 15 is 0 Å². The molecule has 1 saturated heterocycles. The molecule has 1 N–H and O–H groups in total. The molecule has 1 heterocycles. The molecular weight excluding hydrogens is 306 g/mol. The highest BCUT2D eigenvalue weighted by atomic mass is 35.5. The average Bonchev–Trinajstić information content (AvgIpc) is 2.72. The van der Waals surface area contributed by atoms with Crippen molar-refractivity contribution < 1.29 is 22.8 Å². The summed E-state index contributed by atoms with van der Waals surface area (Å²) in [5, 5.41) is 0.119. The number of carbonyl (C=O) groups is 1. The lowest BCUT2D eigenvalue weighted by Gasteiger charge is -2.30. The second kappa shape index (κ2) is 4.94. The van der Waals surface area contributed by atoms with E-state index < -0.39 is 24.2 Å². The molecular formula is C11H8Cl2F3NO2. The second-order valence-electron chi connectivity index (χ2n) is 4.15. The zero-order valence-electron chi connectivity index (χ0n) is 9.30. The Morgan fingerprint density at radius 3 is 2.32 bits per heavy atom. The maximum Gasteiger partial charge on any atom is 0.423 e. The standard InChI is InChI=1S/C11H8Cl2F3NO2/c12-7-1-6(2-8(13)3-7)10(11(14,15)16)4-9(5-18)17-19-10/h1-3,5,9,17H,4H2. The second-order valence-corrected chi connectivity index (χ2v) is 5.02. The summed E-state index contributed by atoms with van der Waals surface area (Å²) in [6, 6.07) is 2.52. The predicted octanol–water partition coefficient (Wildman–Crippen LogP) is 3.24. The zero-order chi connectivity index (χ0) is 14.3. The van der Waals surface area contributed by atoms with Crippen LogP contribution in [0.1, 0.15) is 12.0 Å². The van der Waals surface area contributed by atoms with Crippen molar-refractivity contribution in [3.8, 4) is 0 Å². The van der Waals surface area contributed by atoms with Crippen molar-refractivity contribution in [2.75, 3.05) is 0 Å². The van der Waals surface area contributed by atoms with E-state index in [1.54, 1.807) is 0 Å². The zero-order valence-corrected chi connectivity index (χ0v) is 10.8. The van der Waals surface area contributed by atoms with Crippen LogP contribution < -0.4 is 5.48 Å². The van der Waals surface area contributed by atoms with Crippen LogP contribution in [0.15, 0.2) is 18.2 Å². The van der Waals surface area contributed by atoms with Crippen LogP contribution in [0.3, 0.4) is 0 Å². The van der Waals surface area contributed by atoms with Crippen molar-refractivity contribution in [1.29, 1.82) is 0 Å². The normalized spacial score (nSPS) is 27.5. The van der Waals surface area contributed by atoms with Crippen LogP contribution in [0.2, 0.25) is 10.0 Å². The van der Waals surface area contributed by atoms with Gasteiger partial charge in [0.15, 0.2) is 0 Å². The lowest BCUT2D eigenvalue weighted by Crippen LogP contribution is -2.42. The van der Waals surface area contributed by atoms with Crippen molar-refractivity contribution in [2.45, 2.75) is 24.2 Å². The molecule has 1 aliphatic rings. The fourth-order valence-corrected chi connectivity index (χ4v) is 2.47. The number of nitrogens with one attached hydrogen (secondary N) is 1. The molecule has 1 aromatic carbocycles. The van der Waals surface area contributed by atoms with Gasteiger partial charge in [0.25, 0.3) is 0 Å². The summed E-state index contributed by atoms with van der Waals surface area (Å²) in [6.07, 6.45) is -4.93. The first-order chi connectivity index (χ1) is 8.78. The Bertz CT molecular complexity index is 489. The highest BCUT2D eigenvalue weighted by molar-refractivity contribution is 6.34. The molecule has 0 aliphatic carbocycles. The Morgan fingerprint density at radius 1 is 1.32 bits per heavy atom. The number of aldehydes is 1. The molecule has 2 unspecified atom stereocenters. The summed E-state index contributed by atoms with van der Waals surface area (Å²) in [6.45, 7) is 0. The van der Waals surface area contributed by atoms with Crippen LogP contribution >= 0.6 is 23.2 Å². The van der Waals surface area contributed by atoms with Gasteiger partial charge in [0, 0.05) is 16.5 Å². The number of hydroxylamine groups is 1. The van der Waals surface area contributed by atoms with E-state index in [0.29, 0.717) is 6.29 Å². The lowest BCUT2D eigenvalue weighted by atomic mass is 9.88. The van der Waals surface area contributed by atoms with Gasteiger partial charge in [-0.3, -0.25) is 4.84 Å². The number of hydrogen-bond donors (Lipinski definition) is 1. The van der Waals surface area contributed by atoms with Gasteiger partial charge in [0.1, 0.15) is 6.29 Å². The predicted molar refractivity (Wildman–Crippen MR) is 62.9 cm³/mol. The Kier molecular flexibility index (Phi) is 3.79. The van der Waals surface area contributed by atoms with Crippen molar-refractivity contribution in [1.82, 2.24) is 5.48 Å². The summed E-state index contributed by atoms with van der Waals surface area (Å²) < 4.78 is 39.9. The molecule has 0 aromatic heterocycles. The van der Waals surface area contributed by atoms with Crippen LogP contribution in [-0.4, -0.2) is 18.5 Å². The van der Waals surface area contributed by atoms with Gasteiger partial charge >= 0.3 is 6.18 Å². The molecule has 1 aliphatic heterocycles. The summed E-state index contributed by atoms with van der Waals surface area (Å²) in [5.41, 5.74) is -0.806. The molecule has 0 bridgehead atoms. The van der Waals surface area contributed by atoms with Crippen LogP contribution in [-0.2, 0) is 15.2 Å². The summed E-state index contributed by atoms with van der Waals surface area (Å²) >= 11 is 11.4. The number of hydrogen-bond acceptors (Lipinski definition) is 3. The Hall–Kier alpha value is -0.820. The number of rotatable bonds is 2. The van der Waals surface area contributed by atoms with Crippen LogP contribution in [0.25, 0.3) is 0 Å². The van der Waals surface area contributed by atoms with Crippen LogP contribution in [0.4, 0.5) is 13.2 Å². The van der Waals surface area contributed by atoms with Gasteiger partial charge in [-0.05, 0) is 23.8 Å². The first-order valence-corrected chi connectivity index (χ1v) is 5.96. The molecule has 104 valence electrons. The van der Waals surface area contributed by atoms with E-state index in [4.69, 9.17) is 23.2 Å². The number of halogens is 5.